The zero-order chi connectivity index (χ0) is 24.0. The van der Waals surface area contributed by atoms with Crippen molar-refractivity contribution in [3.8, 4) is 5.88 Å². The van der Waals surface area contributed by atoms with Crippen LogP contribution >= 0.6 is 11.3 Å². The summed E-state index contributed by atoms with van der Waals surface area (Å²) in [6, 6.07) is 13.5. The minimum absolute atomic E-state index is 0.0606. The molecule has 0 spiro atoms. The SMILES string of the molecule is O=C(COc1ccc(N2CCN(c3ccccn3)CC2)nn1)N1CCC(C(O)c2cccs2)CC1. The number of piperazine rings is 1. The summed E-state index contributed by atoms with van der Waals surface area (Å²) in [6.45, 7) is 4.60. The molecule has 5 rings (SSSR count). The Kier molecular flexibility index (Phi) is 7.39. The summed E-state index contributed by atoms with van der Waals surface area (Å²) in [6.07, 6.45) is 2.94. The number of piperidine rings is 1. The van der Waals surface area contributed by atoms with Crippen LogP contribution in [0.2, 0.25) is 0 Å². The largest absolute Gasteiger partial charge is 0.466 e. The summed E-state index contributed by atoms with van der Waals surface area (Å²) >= 11 is 1.58. The molecule has 2 aliphatic rings. The zero-order valence-corrected chi connectivity index (χ0v) is 20.4. The van der Waals surface area contributed by atoms with E-state index in [2.05, 4.69) is 25.0 Å². The third kappa shape index (κ3) is 5.71. The number of likely N-dealkylation sites (tertiary alicyclic amines) is 1. The Morgan fingerprint density at radius 2 is 1.74 bits per heavy atom. The van der Waals surface area contributed by atoms with E-state index in [1.54, 1.807) is 22.3 Å². The van der Waals surface area contributed by atoms with Crippen molar-refractivity contribution < 1.29 is 14.6 Å². The van der Waals surface area contributed by atoms with E-state index in [1.807, 2.05) is 48.0 Å². The molecule has 3 aromatic rings. The van der Waals surface area contributed by atoms with Crippen molar-refractivity contribution in [2.75, 3.05) is 55.7 Å². The first-order valence-electron chi connectivity index (χ1n) is 12.0. The number of rotatable bonds is 7. The first-order chi connectivity index (χ1) is 17.2. The fourth-order valence-electron chi connectivity index (χ4n) is 4.65. The van der Waals surface area contributed by atoms with Crippen LogP contribution in [0.3, 0.4) is 0 Å². The Hall–Kier alpha value is -3.24. The van der Waals surface area contributed by atoms with E-state index in [-0.39, 0.29) is 18.4 Å². The second kappa shape index (κ2) is 11.0. The van der Waals surface area contributed by atoms with Crippen LogP contribution in [0, 0.1) is 5.92 Å². The van der Waals surface area contributed by atoms with Crippen molar-refractivity contribution in [1.29, 1.82) is 0 Å². The van der Waals surface area contributed by atoms with Crippen molar-refractivity contribution in [3.63, 3.8) is 0 Å². The lowest BCUT2D eigenvalue weighted by molar-refractivity contribution is -0.135. The highest BCUT2D eigenvalue weighted by Crippen LogP contribution is 2.33. The fourth-order valence-corrected chi connectivity index (χ4v) is 5.45. The van der Waals surface area contributed by atoms with Gasteiger partial charge in [-0.15, -0.1) is 21.5 Å². The maximum Gasteiger partial charge on any atom is 0.260 e. The molecule has 0 saturated carbocycles. The Morgan fingerprint density at radius 3 is 2.37 bits per heavy atom. The number of carbonyl (C=O) groups is 1. The van der Waals surface area contributed by atoms with Gasteiger partial charge in [0.05, 0.1) is 6.10 Å². The molecule has 1 amide bonds. The second-order valence-electron chi connectivity index (χ2n) is 8.86. The molecule has 1 N–H and O–H groups in total. The first kappa shape index (κ1) is 23.5. The zero-order valence-electron chi connectivity index (χ0n) is 19.6. The number of hydrogen-bond acceptors (Lipinski definition) is 9. The van der Waals surface area contributed by atoms with Gasteiger partial charge in [0, 0.05) is 56.4 Å². The molecule has 0 aromatic carbocycles. The molecule has 2 saturated heterocycles. The van der Waals surface area contributed by atoms with Crippen LogP contribution in [-0.2, 0) is 4.79 Å². The topological polar surface area (TPSA) is 94.9 Å². The van der Waals surface area contributed by atoms with E-state index >= 15 is 0 Å². The van der Waals surface area contributed by atoms with Crippen molar-refractivity contribution in [1.82, 2.24) is 20.1 Å². The highest BCUT2D eigenvalue weighted by Gasteiger charge is 2.29. The molecule has 5 heterocycles. The van der Waals surface area contributed by atoms with Gasteiger partial charge in [-0.25, -0.2) is 4.98 Å². The van der Waals surface area contributed by atoms with Crippen molar-refractivity contribution in [2.24, 2.45) is 5.92 Å². The quantitative estimate of drug-likeness (QED) is 0.536. The monoisotopic (exact) mass is 494 g/mol. The maximum absolute atomic E-state index is 12.6. The molecule has 35 heavy (non-hydrogen) atoms. The van der Waals surface area contributed by atoms with Gasteiger partial charge < -0.3 is 24.5 Å². The number of aliphatic hydroxyl groups is 1. The summed E-state index contributed by atoms with van der Waals surface area (Å²) in [5.41, 5.74) is 0. The van der Waals surface area contributed by atoms with Gasteiger partial charge in [0.15, 0.2) is 12.4 Å². The van der Waals surface area contributed by atoms with E-state index in [0.29, 0.717) is 19.0 Å². The Bertz CT molecular complexity index is 1070. The van der Waals surface area contributed by atoms with E-state index in [9.17, 15) is 9.90 Å². The highest BCUT2D eigenvalue weighted by atomic mass is 32.1. The lowest BCUT2D eigenvalue weighted by atomic mass is 9.90. The number of carbonyl (C=O) groups excluding carboxylic acids is 1. The van der Waals surface area contributed by atoms with Crippen molar-refractivity contribution >= 4 is 28.9 Å². The molecule has 0 bridgehead atoms. The van der Waals surface area contributed by atoms with Crippen LogP contribution in [0.1, 0.15) is 23.8 Å². The van der Waals surface area contributed by atoms with Gasteiger partial charge in [0.2, 0.25) is 5.88 Å². The van der Waals surface area contributed by atoms with Crippen LogP contribution in [0.15, 0.2) is 54.0 Å². The molecule has 9 nitrogen and oxygen atoms in total. The molecule has 0 radical (unpaired) electrons. The summed E-state index contributed by atoms with van der Waals surface area (Å²) in [5.74, 6) is 2.26. The van der Waals surface area contributed by atoms with Crippen molar-refractivity contribution in [3.05, 3.63) is 58.9 Å². The number of aromatic nitrogens is 3. The third-order valence-electron chi connectivity index (χ3n) is 6.72. The number of amides is 1. The Labute approximate surface area is 209 Å². The average Bonchev–Trinajstić information content (AvgIpc) is 3.48. The number of aliphatic hydroxyl groups excluding tert-OH is 1. The average molecular weight is 495 g/mol. The molecule has 10 heteroatoms. The van der Waals surface area contributed by atoms with Crippen LogP contribution < -0.4 is 14.5 Å². The summed E-state index contributed by atoms with van der Waals surface area (Å²) in [5, 5.41) is 21.0. The Balaban J connectivity index is 1.05. The van der Waals surface area contributed by atoms with E-state index in [0.717, 1.165) is 55.5 Å². The van der Waals surface area contributed by atoms with Gasteiger partial charge >= 0.3 is 0 Å². The molecular weight excluding hydrogens is 464 g/mol. The summed E-state index contributed by atoms with van der Waals surface area (Å²) < 4.78 is 5.62. The molecule has 2 aliphatic heterocycles. The van der Waals surface area contributed by atoms with Gasteiger partial charge in [-0.3, -0.25) is 4.79 Å². The number of nitrogens with zero attached hydrogens (tertiary/aromatic N) is 6. The number of thiophene rings is 1. The number of anilines is 2. The molecule has 3 aromatic heterocycles. The van der Waals surface area contributed by atoms with Gasteiger partial charge in [-0.05, 0) is 48.4 Å². The minimum Gasteiger partial charge on any atom is -0.466 e. The molecule has 1 unspecified atom stereocenters. The molecule has 1 atom stereocenters. The first-order valence-corrected chi connectivity index (χ1v) is 12.9. The normalized spacial score (nSPS) is 17.9. The predicted molar refractivity (Wildman–Crippen MR) is 135 cm³/mol. The fraction of sp³-hybridized carbons (Fsp3) is 0.440. The number of hydrogen-bond donors (Lipinski definition) is 1. The van der Waals surface area contributed by atoms with E-state index < -0.39 is 6.10 Å². The molecule has 2 fully saturated rings. The smallest absolute Gasteiger partial charge is 0.260 e. The number of pyridine rings is 1. The third-order valence-corrected chi connectivity index (χ3v) is 7.66. The van der Waals surface area contributed by atoms with Gasteiger partial charge in [0.25, 0.3) is 5.91 Å². The van der Waals surface area contributed by atoms with Crippen LogP contribution in [0.4, 0.5) is 11.6 Å². The maximum atomic E-state index is 12.6. The van der Waals surface area contributed by atoms with E-state index in [4.69, 9.17) is 4.74 Å². The lowest BCUT2D eigenvalue weighted by Gasteiger charge is -2.35. The molecular formula is C25H30N6O3S. The van der Waals surface area contributed by atoms with E-state index in [1.165, 1.54) is 0 Å². The van der Waals surface area contributed by atoms with Crippen LogP contribution in [-0.4, -0.2) is 77.0 Å². The predicted octanol–water partition coefficient (Wildman–Crippen LogP) is 2.61. The summed E-state index contributed by atoms with van der Waals surface area (Å²) in [4.78, 5) is 24.3. The second-order valence-corrected chi connectivity index (χ2v) is 9.84. The standard InChI is InChI=1S/C25H30N6O3S/c32-24(31-11-8-19(9-12-31)25(33)20-4-3-17-35-20)18-34-23-7-6-22(27-28-23)30-15-13-29(14-16-30)21-5-1-2-10-26-21/h1-7,10,17,19,25,33H,8-9,11-16,18H2. The summed E-state index contributed by atoms with van der Waals surface area (Å²) in [7, 11) is 0. The van der Waals surface area contributed by atoms with Gasteiger partial charge in [-0.1, -0.05) is 12.1 Å². The minimum atomic E-state index is -0.449. The molecule has 184 valence electrons. The molecule has 0 aliphatic carbocycles. The van der Waals surface area contributed by atoms with Crippen LogP contribution in [0.5, 0.6) is 5.88 Å². The van der Waals surface area contributed by atoms with Gasteiger partial charge in [-0.2, -0.15) is 0 Å². The van der Waals surface area contributed by atoms with Gasteiger partial charge in [0.1, 0.15) is 5.82 Å². The Morgan fingerprint density at radius 1 is 0.971 bits per heavy atom. The number of ether oxygens (including phenoxy) is 1. The lowest BCUT2D eigenvalue weighted by Crippen LogP contribution is -2.47. The van der Waals surface area contributed by atoms with Crippen molar-refractivity contribution in [2.45, 2.75) is 18.9 Å². The van der Waals surface area contributed by atoms with Crippen LogP contribution in [0.25, 0.3) is 0 Å². The highest BCUT2D eigenvalue weighted by molar-refractivity contribution is 7.10.